The van der Waals surface area contributed by atoms with Crippen molar-refractivity contribution in [1.82, 2.24) is 10.6 Å². The summed E-state index contributed by atoms with van der Waals surface area (Å²) in [5.74, 6) is 0.840. The fourth-order valence-electron chi connectivity index (χ4n) is 1.71. The Kier molecular flexibility index (Phi) is 7.20. The normalized spacial score (nSPS) is 12.4. The standard InChI is InChI=1S/C12H28N2/c1-6-11(7-2)9-13-10-12(4,5)14-8-3/h11,13-14H,6-10H2,1-5H3. The molecule has 0 aliphatic heterocycles. The van der Waals surface area contributed by atoms with Crippen LogP contribution in [-0.4, -0.2) is 25.2 Å². The van der Waals surface area contributed by atoms with Gasteiger partial charge in [0.2, 0.25) is 0 Å². The van der Waals surface area contributed by atoms with Crippen LogP contribution in [0.2, 0.25) is 0 Å². The van der Waals surface area contributed by atoms with Crippen molar-refractivity contribution in [3.8, 4) is 0 Å². The lowest BCUT2D eigenvalue weighted by atomic mass is 10.0. The second kappa shape index (κ2) is 7.24. The van der Waals surface area contributed by atoms with Crippen LogP contribution in [-0.2, 0) is 0 Å². The molecule has 0 atom stereocenters. The van der Waals surface area contributed by atoms with Crippen LogP contribution in [0.5, 0.6) is 0 Å². The van der Waals surface area contributed by atoms with Crippen LogP contribution in [0.4, 0.5) is 0 Å². The number of likely N-dealkylation sites (N-methyl/N-ethyl adjacent to an activating group) is 1. The highest BCUT2D eigenvalue weighted by Gasteiger charge is 2.15. The summed E-state index contributed by atoms with van der Waals surface area (Å²) in [6.07, 6.45) is 2.57. The van der Waals surface area contributed by atoms with Gasteiger partial charge in [-0.2, -0.15) is 0 Å². The lowest BCUT2D eigenvalue weighted by Gasteiger charge is -2.27. The Bertz CT molecular complexity index is 128. The molecule has 0 radical (unpaired) electrons. The molecule has 86 valence electrons. The number of hydrogen-bond donors (Lipinski definition) is 2. The van der Waals surface area contributed by atoms with Gasteiger partial charge in [-0.1, -0.05) is 33.6 Å². The van der Waals surface area contributed by atoms with E-state index in [-0.39, 0.29) is 5.54 Å². The van der Waals surface area contributed by atoms with Crippen molar-refractivity contribution in [2.24, 2.45) is 5.92 Å². The van der Waals surface area contributed by atoms with Gasteiger partial charge in [-0.3, -0.25) is 0 Å². The van der Waals surface area contributed by atoms with E-state index < -0.39 is 0 Å². The maximum atomic E-state index is 3.55. The minimum Gasteiger partial charge on any atom is -0.315 e. The van der Waals surface area contributed by atoms with Crippen LogP contribution in [0, 0.1) is 5.92 Å². The predicted molar refractivity (Wildman–Crippen MR) is 64.7 cm³/mol. The first-order valence-corrected chi connectivity index (χ1v) is 6.01. The van der Waals surface area contributed by atoms with Crippen LogP contribution in [0.1, 0.15) is 47.5 Å². The highest BCUT2D eigenvalue weighted by molar-refractivity contribution is 4.79. The number of nitrogens with one attached hydrogen (secondary N) is 2. The van der Waals surface area contributed by atoms with Crippen LogP contribution >= 0.6 is 0 Å². The Labute approximate surface area is 89.9 Å². The molecule has 0 fully saturated rings. The highest BCUT2D eigenvalue weighted by atomic mass is 15.0. The minimum atomic E-state index is 0.223. The maximum Gasteiger partial charge on any atom is 0.0249 e. The van der Waals surface area contributed by atoms with Crippen LogP contribution in [0.3, 0.4) is 0 Å². The van der Waals surface area contributed by atoms with E-state index in [0.29, 0.717) is 0 Å². The van der Waals surface area contributed by atoms with Gasteiger partial charge in [-0.15, -0.1) is 0 Å². The number of hydrogen-bond acceptors (Lipinski definition) is 2. The van der Waals surface area contributed by atoms with Crippen molar-refractivity contribution in [3.63, 3.8) is 0 Å². The van der Waals surface area contributed by atoms with Gasteiger partial charge in [0.05, 0.1) is 0 Å². The molecule has 0 spiro atoms. The Morgan fingerprint density at radius 2 is 1.64 bits per heavy atom. The van der Waals surface area contributed by atoms with E-state index in [2.05, 4.69) is 45.3 Å². The van der Waals surface area contributed by atoms with Gasteiger partial charge < -0.3 is 10.6 Å². The third-order valence-corrected chi connectivity index (χ3v) is 2.81. The molecule has 0 aliphatic carbocycles. The summed E-state index contributed by atoms with van der Waals surface area (Å²) in [7, 11) is 0. The predicted octanol–water partition coefficient (Wildman–Crippen LogP) is 2.40. The van der Waals surface area contributed by atoms with E-state index in [1.54, 1.807) is 0 Å². The van der Waals surface area contributed by atoms with Gasteiger partial charge in [-0.25, -0.2) is 0 Å². The molecule has 0 unspecified atom stereocenters. The molecule has 0 saturated carbocycles. The van der Waals surface area contributed by atoms with E-state index in [0.717, 1.165) is 25.6 Å². The molecule has 0 aromatic carbocycles. The molecule has 0 aliphatic rings. The van der Waals surface area contributed by atoms with Gasteiger partial charge in [0, 0.05) is 12.1 Å². The molecule has 0 amide bonds. The summed E-state index contributed by atoms with van der Waals surface area (Å²) in [5.41, 5.74) is 0.223. The summed E-state index contributed by atoms with van der Waals surface area (Å²) in [6.45, 7) is 14.4. The van der Waals surface area contributed by atoms with Gasteiger partial charge >= 0.3 is 0 Å². The topological polar surface area (TPSA) is 24.1 Å². The molecule has 2 nitrogen and oxygen atoms in total. The molecule has 0 bridgehead atoms. The largest absolute Gasteiger partial charge is 0.315 e. The second-order valence-corrected chi connectivity index (χ2v) is 4.73. The first-order valence-electron chi connectivity index (χ1n) is 6.01. The van der Waals surface area contributed by atoms with Crippen molar-refractivity contribution in [1.29, 1.82) is 0 Å². The Morgan fingerprint density at radius 1 is 1.07 bits per heavy atom. The third-order valence-electron chi connectivity index (χ3n) is 2.81. The first kappa shape index (κ1) is 13.9. The van der Waals surface area contributed by atoms with E-state index in [4.69, 9.17) is 0 Å². The quantitative estimate of drug-likeness (QED) is 0.629. The van der Waals surface area contributed by atoms with Crippen molar-refractivity contribution in [2.75, 3.05) is 19.6 Å². The zero-order valence-electron chi connectivity index (χ0n) is 10.6. The van der Waals surface area contributed by atoms with E-state index in [9.17, 15) is 0 Å². The molecule has 0 heterocycles. The molecule has 2 heteroatoms. The summed E-state index contributed by atoms with van der Waals surface area (Å²) >= 11 is 0. The Balaban J connectivity index is 3.60. The van der Waals surface area contributed by atoms with E-state index >= 15 is 0 Å². The Hall–Kier alpha value is -0.0800. The Morgan fingerprint density at radius 3 is 2.07 bits per heavy atom. The molecule has 0 aromatic rings. The molecular formula is C12H28N2. The second-order valence-electron chi connectivity index (χ2n) is 4.73. The van der Waals surface area contributed by atoms with Crippen molar-refractivity contribution in [3.05, 3.63) is 0 Å². The van der Waals surface area contributed by atoms with Gasteiger partial charge in [0.25, 0.3) is 0 Å². The van der Waals surface area contributed by atoms with Gasteiger partial charge in [0.15, 0.2) is 0 Å². The third kappa shape index (κ3) is 6.39. The van der Waals surface area contributed by atoms with Crippen molar-refractivity contribution >= 4 is 0 Å². The van der Waals surface area contributed by atoms with Crippen molar-refractivity contribution < 1.29 is 0 Å². The summed E-state index contributed by atoms with van der Waals surface area (Å²) in [6, 6.07) is 0. The number of rotatable bonds is 8. The molecule has 0 saturated heterocycles. The zero-order valence-corrected chi connectivity index (χ0v) is 10.6. The van der Waals surface area contributed by atoms with Gasteiger partial charge in [-0.05, 0) is 32.9 Å². The monoisotopic (exact) mass is 200 g/mol. The molecule has 0 aromatic heterocycles. The SMILES string of the molecule is CCNC(C)(C)CNCC(CC)CC. The maximum absolute atomic E-state index is 3.55. The van der Waals surface area contributed by atoms with Crippen molar-refractivity contribution in [2.45, 2.75) is 53.0 Å². The van der Waals surface area contributed by atoms with E-state index in [1.807, 2.05) is 0 Å². The fraction of sp³-hybridized carbons (Fsp3) is 1.00. The summed E-state index contributed by atoms with van der Waals surface area (Å²) in [5, 5.41) is 7.02. The highest BCUT2D eigenvalue weighted by Crippen LogP contribution is 2.06. The summed E-state index contributed by atoms with van der Waals surface area (Å²) < 4.78 is 0. The van der Waals surface area contributed by atoms with Crippen LogP contribution < -0.4 is 10.6 Å². The average molecular weight is 200 g/mol. The van der Waals surface area contributed by atoms with E-state index in [1.165, 1.54) is 12.8 Å². The van der Waals surface area contributed by atoms with Crippen LogP contribution in [0.25, 0.3) is 0 Å². The molecule has 2 N–H and O–H groups in total. The summed E-state index contributed by atoms with van der Waals surface area (Å²) in [4.78, 5) is 0. The molecule has 14 heavy (non-hydrogen) atoms. The smallest absolute Gasteiger partial charge is 0.0249 e. The van der Waals surface area contributed by atoms with Crippen LogP contribution in [0.15, 0.2) is 0 Å². The molecule has 0 rings (SSSR count). The minimum absolute atomic E-state index is 0.223. The molecular weight excluding hydrogens is 172 g/mol. The zero-order chi connectivity index (χ0) is 11.0. The lowest BCUT2D eigenvalue weighted by Crippen LogP contribution is -2.48. The fourth-order valence-corrected chi connectivity index (χ4v) is 1.71. The first-order chi connectivity index (χ1) is 6.55. The lowest BCUT2D eigenvalue weighted by molar-refractivity contribution is 0.351. The average Bonchev–Trinajstić information content (AvgIpc) is 2.12. The van der Waals surface area contributed by atoms with Gasteiger partial charge in [0.1, 0.15) is 0 Å².